The number of para-hydroxylation sites is 1. The zero-order valence-corrected chi connectivity index (χ0v) is 16.4. The van der Waals surface area contributed by atoms with Crippen LogP contribution in [0.4, 0.5) is 16.2 Å². The van der Waals surface area contributed by atoms with Crippen molar-refractivity contribution in [1.29, 1.82) is 0 Å². The highest BCUT2D eigenvalue weighted by Crippen LogP contribution is 2.22. The fourth-order valence-corrected chi connectivity index (χ4v) is 3.20. The number of hydrogen-bond acceptors (Lipinski definition) is 4. The van der Waals surface area contributed by atoms with Crippen LogP contribution < -0.4 is 21.5 Å². The summed E-state index contributed by atoms with van der Waals surface area (Å²) in [5.74, 6) is -0.422. The normalized spacial score (nSPS) is 10.9. The third kappa shape index (κ3) is 3.48. The van der Waals surface area contributed by atoms with Crippen LogP contribution >= 0.6 is 0 Å². The Bertz CT molecular complexity index is 1340. The van der Waals surface area contributed by atoms with E-state index in [4.69, 9.17) is 0 Å². The summed E-state index contributed by atoms with van der Waals surface area (Å²) in [6.45, 7) is 4.17. The van der Waals surface area contributed by atoms with Gasteiger partial charge in [0.15, 0.2) is 0 Å². The topological polar surface area (TPSA) is 120 Å². The summed E-state index contributed by atoms with van der Waals surface area (Å²) >= 11 is 0. The molecule has 0 aliphatic carbocycles. The van der Waals surface area contributed by atoms with Gasteiger partial charge in [-0.05, 0) is 43.7 Å². The molecule has 0 spiro atoms. The number of rotatable bonds is 4. The molecule has 9 heteroatoms. The van der Waals surface area contributed by atoms with Crippen LogP contribution in [0.2, 0.25) is 0 Å². The van der Waals surface area contributed by atoms with E-state index in [1.807, 2.05) is 13.8 Å². The number of anilines is 2. The standard InChI is InChI=1S/C21H20N6O3/c1-3-22-21(30)24-13-9-8-12(2)16(10-13)25-20(29)15-11-23-27-17-7-5-4-6-14(17)19(28)26-18(15)27/h4-11H,3H2,1-2H3,(H,25,29)(H,26,28)(H2,22,24,30). The van der Waals surface area contributed by atoms with Gasteiger partial charge in [-0.25, -0.2) is 9.31 Å². The maximum Gasteiger partial charge on any atom is 0.319 e. The van der Waals surface area contributed by atoms with E-state index in [2.05, 4.69) is 26.0 Å². The first-order valence-corrected chi connectivity index (χ1v) is 9.43. The van der Waals surface area contributed by atoms with Crippen molar-refractivity contribution in [2.24, 2.45) is 0 Å². The summed E-state index contributed by atoms with van der Waals surface area (Å²) in [7, 11) is 0. The second-order valence-corrected chi connectivity index (χ2v) is 6.76. The maximum absolute atomic E-state index is 12.9. The average Bonchev–Trinajstić information content (AvgIpc) is 3.15. The van der Waals surface area contributed by atoms with Crippen molar-refractivity contribution < 1.29 is 9.59 Å². The van der Waals surface area contributed by atoms with E-state index in [9.17, 15) is 14.4 Å². The molecule has 3 amide bonds. The van der Waals surface area contributed by atoms with Crippen LogP contribution in [-0.2, 0) is 0 Å². The van der Waals surface area contributed by atoms with Crippen molar-refractivity contribution in [1.82, 2.24) is 19.9 Å². The van der Waals surface area contributed by atoms with Crippen molar-refractivity contribution in [2.45, 2.75) is 13.8 Å². The number of aromatic amines is 1. The Kier molecular flexibility index (Phi) is 4.93. The molecular formula is C21H20N6O3. The van der Waals surface area contributed by atoms with Crippen LogP contribution in [0.25, 0.3) is 16.6 Å². The highest BCUT2D eigenvalue weighted by molar-refractivity contribution is 6.09. The fraction of sp³-hybridized carbons (Fsp3) is 0.143. The van der Waals surface area contributed by atoms with Gasteiger partial charge < -0.3 is 20.9 Å². The molecule has 30 heavy (non-hydrogen) atoms. The van der Waals surface area contributed by atoms with Crippen LogP contribution in [0.15, 0.2) is 53.5 Å². The van der Waals surface area contributed by atoms with Gasteiger partial charge in [0.25, 0.3) is 11.5 Å². The van der Waals surface area contributed by atoms with Crippen molar-refractivity contribution in [3.63, 3.8) is 0 Å². The zero-order valence-electron chi connectivity index (χ0n) is 16.4. The van der Waals surface area contributed by atoms with E-state index in [1.165, 1.54) is 10.7 Å². The Balaban J connectivity index is 1.67. The summed E-state index contributed by atoms with van der Waals surface area (Å²) in [6.07, 6.45) is 1.42. The predicted octanol–water partition coefficient (Wildman–Crippen LogP) is 2.88. The molecule has 9 nitrogen and oxygen atoms in total. The van der Waals surface area contributed by atoms with E-state index in [0.29, 0.717) is 34.5 Å². The van der Waals surface area contributed by atoms with E-state index in [-0.39, 0.29) is 17.2 Å². The Morgan fingerprint density at radius 3 is 2.73 bits per heavy atom. The molecule has 0 saturated heterocycles. The van der Waals surface area contributed by atoms with Crippen molar-refractivity contribution >= 4 is 39.9 Å². The van der Waals surface area contributed by atoms with Crippen molar-refractivity contribution in [3.05, 3.63) is 70.1 Å². The smallest absolute Gasteiger partial charge is 0.319 e. The van der Waals surface area contributed by atoms with Crippen LogP contribution in [0.1, 0.15) is 22.8 Å². The number of hydrogen-bond donors (Lipinski definition) is 4. The lowest BCUT2D eigenvalue weighted by Gasteiger charge is -2.11. The lowest BCUT2D eigenvalue weighted by Crippen LogP contribution is -2.28. The van der Waals surface area contributed by atoms with E-state index < -0.39 is 5.91 Å². The average molecular weight is 404 g/mol. The highest BCUT2D eigenvalue weighted by atomic mass is 16.2. The van der Waals surface area contributed by atoms with Gasteiger partial charge in [-0.1, -0.05) is 18.2 Å². The number of fused-ring (bicyclic) bond motifs is 3. The molecule has 0 bridgehead atoms. The molecule has 2 aromatic heterocycles. The molecular weight excluding hydrogens is 384 g/mol. The minimum absolute atomic E-state index is 0.236. The maximum atomic E-state index is 12.9. The van der Waals surface area contributed by atoms with Gasteiger partial charge in [0, 0.05) is 17.9 Å². The third-order valence-electron chi connectivity index (χ3n) is 4.70. The number of aromatic nitrogens is 3. The van der Waals surface area contributed by atoms with Gasteiger partial charge in [0.1, 0.15) is 11.2 Å². The molecule has 4 rings (SSSR count). The number of amides is 3. The minimum atomic E-state index is -0.422. The SMILES string of the molecule is CCNC(=O)Nc1ccc(C)c(NC(=O)c2cnn3c2[nH]c(=O)c2ccccc23)c1. The van der Waals surface area contributed by atoms with Gasteiger partial charge >= 0.3 is 6.03 Å². The van der Waals surface area contributed by atoms with E-state index in [1.54, 1.807) is 42.5 Å². The fourth-order valence-electron chi connectivity index (χ4n) is 3.20. The predicted molar refractivity (Wildman–Crippen MR) is 115 cm³/mol. The lowest BCUT2D eigenvalue weighted by molar-refractivity contribution is 0.102. The van der Waals surface area contributed by atoms with Crippen molar-refractivity contribution in [2.75, 3.05) is 17.2 Å². The van der Waals surface area contributed by atoms with E-state index >= 15 is 0 Å². The lowest BCUT2D eigenvalue weighted by atomic mass is 10.1. The van der Waals surface area contributed by atoms with Crippen LogP contribution in [-0.4, -0.2) is 33.1 Å². The summed E-state index contributed by atoms with van der Waals surface area (Å²) in [6, 6.07) is 11.9. The first-order chi connectivity index (χ1) is 14.5. The van der Waals surface area contributed by atoms with Crippen LogP contribution in [0, 0.1) is 6.92 Å². The molecule has 4 N–H and O–H groups in total. The molecule has 4 aromatic rings. The van der Waals surface area contributed by atoms with Crippen LogP contribution in [0.5, 0.6) is 0 Å². The molecule has 0 aliphatic rings. The first-order valence-electron chi connectivity index (χ1n) is 9.43. The number of benzene rings is 2. The number of nitrogens with one attached hydrogen (secondary N) is 4. The van der Waals surface area contributed by atoms with Gasteiger partial charge in [-0.2, -0.15) is 5.10 Å². The Morgan fingerprint density at radius 1 is 1.13 bits per heavy atom. The molecule has 152 valence electrons. The van der Waals surface area contributed by atoms with E-state index in [0.717, 1.165) is 5.56 Å². The number of H-pyrrole nitrogens is 1. The highest BCUT2D eigenvalue weighted by Gasteiger charge is 2.17. The van der Waals surface area contributed by atoms with Gasteiger partial charge in [0.05, 0.1) is 17.1 Å². The molecule has 0 atom stereocenters. The third-order valence-corrected chi connectivity index (χ3v) is 4.70. The zero-order chi connectivity index (χ0) is 21.3. The quantitative estimate of drug-likeness (QED) is 0.418. The number of carbonyl (C=O) groups excluding carboxylic acids is 2. The van der Waals surface area contributed by atoms with Crippen LogP contribution in [0.3, 0.4) is 0 Å². The number of urea groups is 1. The molecule has 2 aromatic carbocycles. The molecule has 0 saturated carbocycles. The summed E-state index contributed by atoms with van der Waals surface area (Å²) in [4.78, 5) is 39.8. The molecule has 2 heterocycles. The van der Waals surface area contributed by atoms with Gasteiger partial charge in [0.2, 0.25) is 0 Å². The number of aryl methyl sites for hydroxylation is 1. The molecule has 0 radical (unpaired) electrons. The Labute approximate surface area is 171 Å². The largest absolute Gasteiger partial charge is 0.338 e. The number of nitrogens with zero attached hydrogens (tertiary/aromatic N) is 2. The van der Waals surface area contributed by atoms with Gasteiger partial charge in [-0.15, -0.1) is 0 Å². The molecule has 0 unspecified atom stereocenters. The number of carbonyl (C=O) groups is 2. The summed E-state index contributed by atoms with van der Waals surface area (Å²) in [5, 5.41) is 12.9. The second-order valence-electron chi connectivity index (χ2n) is 6.76. The summed E-state index contributed by atoms with van der Waals surface area (Å²) < 4.78 is 1.53. The second kappa shape index (κ2) is 7.70. The molecule has 0 aliphatic heterocycles. The summed E-state index contributed by atoms with van der Waals surface area (Å²) in [5.41, 5.74) is 2.76. The molecule has 0 fully saturated rings. The van der Waals surface area contributed by atoms with Gasteiger partial charge in [-0.3, -0.25) is 9.59 Å². The monoisotopic (exact) mass is 404 g/mol. The minimum Gasteiger partial charge on any atom is -0.338 e. The first kappa shape index (κ1) is 19.2. The Morgan fingerprint density at radius 2 is 1.93 bits per heavy atom. The van der Waals surface area contributed by atoms with Crippen molar-refractivity contribution in [3.8, 4) is 0 Å². The Hall–Kier alpha value is -4.14.